The molecule has 0 spiro atoms. The van der Waals surface area contributed by atoms with Crippen molar-refractivity contribution in [3.8, 4) is 5.75 Å². The summed E-state index contributed by atoms with van der Waals surface area (Å²) in [5.41, 5.74) is 4.37. The number of ether oxygens (including phenoxy) is 1. The zero-order chi connectivity index (χ0) is 19.3. The normalized spacial score (nSPS) is 11.2. The van der Waals surface area contributed by atoms with Crippen LogP contribution in [-0.2, 0) is 6.54 Å². The van der Waals surface area contributed by atoms with Crippen molar-refractivity contribution in [3.63, 3.8) is 0 Å². The molecule has 4 aromatic rings. The van der Waals surface area contributed by atoms with Gasteiger partial charge in [0.25, 0.3) is 0 Å². The number of fused-ring (bicyclic) bond motifs is 1. The maximum Gasteiger partial charge on any atom is 0.127 e. The predicted octanol–water partition coefficient (Wildman–Crippen LogP) is 4.89. The third-order valence-electron chi connectivity index (χ3n) is 4.36. The fourth-order valence-electron chi connectivity index (χ4n) is 2.95. The molecule has 0 radical (unpaired) electrons. The minimum atomic E-state index is -0.316. The van der Waals surface area contributed by atoms with Crippen molar-refractivity contribution < 1.29 is 9.13 Å². The molecule has 2 aromatic carbocycles. The molecular formula is C22H19FN4O. The van der Waals surface area contributed by atoms with Crippen LogP contribution in [0.5, 0.6) is 5.75 Å². The highest BCUT2D eigenvalue weighted by atomic mass is 19.1. The first-order valence-electron chi connectivity index (χ1n) is 8.86. The highest BCUT2D eigenvalue weighted by molar-refractivity contribution is 5.91. The second kappa shape index (κ2) is 7.92. The van der Waals surface area contributed by atoms with E-state index >= 15 is 0 Å². The highest BCUT2D eigenvalue weighted by Crippen LogP contribution is 2.23. The van der Waals surface area contributed by atoms with E-state index in [0.29, 0.717) is 12.3 Å². The lowest BCUT2D eigenvalue weighted by atomic mass is 10.1. The molecule has 0 aliphatic carbocycles. The van der Waals surface area contributed by atoms with Gasteiger partial charge in [0.1, 0.15) is 11.6 Å². The number of nitrogens with zero attached hydrogens (tertiary/aromatic N) is 2. The minimum Gasteiger partial charge on any atom is -0.497 e. The summed E-state index contributed by atoms with van der Waals surface area (Å²) in [4.78, 5) is 4.28. The summed E-state index contributed by atoms with van der Waals surface area (Å²) in [6, 6.07) is 16.4. The van der Waals surface area contributed by atoms with Gasteiger partial charge in [-0.3, -0.25) is 10.1 Å². The highest BCUT2D eigenvalue weighted by Gasteiger charge is 2.06. The molecule has 0 fully saturated rings. The van der Waals surface area contributed by atoms with Crippen LogP contribution in [0.15, 0.2) is 60.8 Å². The molecule has 0 unspecified atom stereocenters. The molecule has 0 aliphatic heterocycles. The third-order valence-corrected chi connectivity index (χ3v) is 4.36. The molecular weight excluding hydrogens is 355 g/mol. The first-order valence-corrected chi connectivity index (χ1v) is 8.86. The van der Waals surface area contributed by atoms with Gasteiger partial charge < -0.3 is 10.1 Å². The number of aromatic amines is 1. The molecule has 28 heavy (non-hydrogen) atoms. The smallest absolute Gasteiger partial charge is 0.127 e. The molecule has 2 aromatic heterocycles. The fraction of sp³-hybridized carbons (Fsp3) is 0.0909. The van der Waals surface area contributed by atoms with Crippen molar-refractivity contribution >= 4 is 28.7 Å². The number of aromatic nitrogens is 3. The number of nitrogens with one attached hydrogen (secondary N) is 2. The summed E-state index contributed by atoms with van der Waals surface area (Å²) in [6.07, 6.45) is 5.61. The van der Waals surface area contributed by atoms with E-state index in [9.17, 15) is 4.39 Å². The topological polar surface area (TPSA) is 62.8 Å². The molecule has 6 heteroatoms. The maximum absolute atomic E-state index is 13.7. The Morgan fingerprint density at radius 1 is 1.11 bits per heavy atom. The number of H-pyrrole nitrogens is 1. The quantitative estimate of drug-likeness (QED) is 0.504. The summed E-state index contributed by atoms with van der Waals surface area (Å²) in [5, 5.41) is 11.7. The van der Waals surface area contributed by atoms with Crippen molar-refractivity contribution in [3.05, 3.63) is 83.6 Å². The van der Waals surface area contributed by atoms with Gasteiger partial charge in [0.05, 0.1) is 24.0 Å². The number of hydrogen-bond acceptors (Lipinski definition) is 4. The average molecular weight is 374 g/mol. The van der Waals surface area contributed by atoms with E-state index in [1.165, 1.54) is 19.2 Å². The summed E-state index contributed by atoms with van der Waals surface area (Å²) >= 11 is 0. The second-order valence-corrected chi connectivity index (χ2v) is 6.31. The maximum atomic E-state index is 13.7. The number of pyridine rings is 1. The lowest BCUT2D eigenvalue weighted by Gasteiger charge is -2.09. The molecule has 2 heterocycles. The second-order valence-electron chi connectivity index (χ2n) is 6.31. The van der Waals surface area contributed by atoms with Crippen LogP contribution in [0.25, 0.3) is 23.1 Å². The van der Waals surface area contributed by atoms with Gasteiger partial charge in [-0.25, -0.2) is 4.39 Å². The van der Waals surface area contributed by atoms with Crippen LogP contribution in [0.3, 0.4) is 0 Å². The Balaban J connectivity index is 1.54. The van der Waals surface area contributed by atoms with Crippen molar-refractivity contribution in [2.75, 3.05) is 12.4 Å². The van der Waals surface area contributed by atoms with E-state index < -0.39 is 0 Å². The first kappa shape index (κ1) is 17.7. The summed E-state index contributed by atoms with van der Waals surface area (Å²) in [5.74, 6) is 0.187. The number of benzene rings is 2. The molecule has 0 bridgehead atoms. The number of hydrogen-bond donors (Lipinski definition) is 2. The van der Waals surface area contributed by atoms with E-state index in [1.54, 1.807) is 6.20 Å². The van der Waals surface area contributed by atoms with Crippen LogP contribution in [-0.4, -0.2) is 22.3 Å². The molecule has 140 valence electrons. The summed E-state index contributed by atoms with van der Waals surface area (Å²) in [7, 11) is 1.53. The van der Waals surface area contributed by atoms with E-state index in [0.717, 1.165) is 33.5 Å². The van der Waals surface area contributed by atoms with Crippen LogP contribution < -0.4 is 10.1 Å². The Labute approximate surface area is 161 Å². The molecule has 0 atom stereocenters. The Morgan fingerprint density at radius 3 is 2.86 bits per heavy atom. The number of methoxy groups -OCH3 is 1. The summed E-state index contributed by atoms with van der Waals surface area (Å²) < 4.78 is 18.8. The lowest BCUT2D eigenvalue weighted by molar-refractivity contribution is 0.410. The van der Waals surface area contributed by atoms with Gasteiger partial charge >= 0.3 is 0 Å². The Bertz CT molecular complexity index is 1120. The van der Waals surface area contributed by atoms with Crippen LogP contribution in [0.1, 0.15) is 17.0 Å². The van der Waals surface area contributed by atoms with Gasteiger partial charge in [0.2, 0.25) is 0 Å². The molecule has 0 aliphatic rings. The SMILES string of the molecule is COc1cc(F)cc(CNc2ccc3[nH]nc(/C=C/c4ccccn4)c3c2)c1. The van der Waals surface area contributed by atoms with Crippen molar-refractivity contribution in [2.24, 2.45) is 0 Å². The van der Waals surface area contributed by atoms with Crippen molar-refractivity contribution in [1.29, 1.82) is 0 Å². The molecule has 0 saturated heterocycles. The van der Waals surface area contributed by atoms with Crippen LogP contribution in [0, 0.1) is 5.82 Å². The minimum absolute atomic E-state index is 0.316. The number of rotatable bonds is 6. The molecule has 2 N–H and O–H groups in total. The average Bonchev–Trinajstić information content (AvgIpc) is 3.13. The standard InChI is InChI=1S/C22H19FN4O/c1-28-19-11-15(10-16(23)12-19)14-25-18-6-8-22-20(13-18)21(26-27-22)7-5-17-4-2-3-9-24-17/h2-13,25H,14H2,1H3,(H,26,27)/b7-5+. The van der Waals surface area contributed by atoms with Crippen molar-refractivity contribution in [1.82, 2.24) is 15.2 Å². The summed E-state index contributed by atoms with van der Waals surface area (Å²) in [6.45, 7) is 0.483. The largest absolute Gasteiger partial charge is 0.497 e. The predicted molar refractivity (Wildman–Crippen MR) is 110 cm³/mol. The Kier molecular flexibility index (Phi) is 5.01. The van der Waals surface area contributed by atoms with Crippen LogP contribution >= 0.6 is 0 Å². The van der Waals surface area contributed by atoms with Crippen molar-refractivity contribution in [2.45, 2.75) is 6.54 Å². The van der Waals surface area contributed by atoms with E-state index in [-0.39, 0.29) is 5.82 Å². The van der Waals surface area contributed by atoms with Gasteiger partial charge in [-0.05, 0) is 60.2 Å². The van der Waals surface area contributed by atoms with Gasteiger partial charge in [0.15, 0.2) is 0 Å². The molecule has 0 saturated carbocycles. The third kappa shape index (κ3) is 4.01. The Morgan fingerprint density at radius 2 is 2.04 bits per heavy atom. The van der Waals surface area contributed by atoms with Gasteiger partial charge in [-0.15, -0.1) is 0 Å². The molecule has 4 rings (SSSR count). The number of anilines is 1. The fourth-order valence-corrected chi connectivity index (χ4v) is 2.95. The van der Waals surface area contributed by atoms with Gasteiger partial charge in [-0.2, -0.15) is 5.10 Å². The number of halogens is 1. The zero-order valence-electron chi connectivity index (χ0n) is 15.3. The first-order chi connectivity index (χ1) is 13.7. The monoisotopic (exact) mass is 374 g/mol. The molecule has 0 amide bonds. The zero-order valence-corrected chi connectivity index (χ0v) is 15.3. The Hall–Kier alpha value is -3.67. The lowest BCUT2D eigenvalue weighted by Crippen LogP contribution is -2.00. The van der Waals surface area contributed by atoms with E-state index in [4.69, 9.17) is 4.74 Å². The van der Waals surface area contributed by atoms with E-state index in [2.05, 4.69) is 20.5 Å². The van der Waals surface area contributed by atoms with Gasteiger partial charge in [0, 0.05) is 29.9 Å². The molecule has 5 nitrogen and oxygen atoms in total. The van der Waals surface area contributed by atoms with E-state index in [1.807, 2.05) is 54.6 Å². The van der Waals surface area contributed by atoms with Gasteiger partial charge in [-0.1, -0.05) is 6.07 Å². The van der Waals surface area contributed by atoms with Crippen LogP contribution in [0.4, 0.5) is 10.1 Å². The van der Waals surface area contributed by atoms with Crippen LogP contribution in [0.2, 0.25) is 0 Å².